The van der Waals surface area contributed by atoms with Gasteiger partial charge in [-0.1, -0.05) is 6.07 Å². The van der Waals surface area contributed by atoms with Crippen LogP contribution in [0.1, 0.15) is 41.2 Å². The van der Waals surface area contributed by atoms with E-state index in [2.05, 4.69) is 10.3 Å². The molecule has 2 aromatic rings. The van der Waals surface area contributed by atoms with Crippen molar-refractivity contribution in [1.29, 1.82) is 0 Å². The number of aromatic nitrogens is 1. The van der Waals surface area contributed by atoms with Crippen molar-refractivity contribution < 1.29 is 9.59 Å². The molecule has 5 nitrogen and oxygen atoms in total. The highest BCUT2D eigenvalue weighted by molar-refractivity contribution is 7.09. The average molecular weight is 315 g/mol. The Hall–Kier alpha value is -2.21. The minimum atomic E-state index is -0.147. The fourth-order valence-corrected chi connectivity index (χ4v) is 3.55. The maximum atomic E-state index is 12.8. The number of thiazole rings is 1. The number of carbonyl (C=O) groups excluding carboxylic acids is 2. The van der Waals surface area contributed by atoms with Gasteiger partial charge in [0.25, 0.3) is 5.91 Å². The molecule has 1 N–H and O–H groups in total. The van der Waals surface area contributed by atoms with Crippen molar-refractivity contribution in [1.82, 2.24) is 9.88 Å². The number of nitrogens with zero attached hydrogens (tertiary/aromatic N) is 2. The summed E-state index contributed by atoms with van der Waals surface area (Å²) in [5, 5.41) is 5.64. The molecule has 2 amide bonds. The van der Waals surface area contributed by atoms with Gasteiger partial charge in [-0.3, -0.25) is 9.59 Å². The molecule has 0 saturated carbocycles. The zero-order chi connectivity index (χ0) is 15.5. The summed E-state index contributed by atoms with van der Waals surface area (Å²) in [6.07, 6.45) is 3.71. The van der Waals surface area contributed by atoms with E-state index in [1.54, 1.807) is 41.8 Å². The first-order valence-corrected chi connectivity index (χ1v) is 8.11. The third kappa shape index (κ3) is 3.01. The highest BCUT2D eigenvalue weighted by Crippen LogP contribution is 2.34. The molecule has 1 saturated heterocycles. The summed E-state index contributed by atoms with van der Waals surface area (Å²) >= 11 is 1.59. The van der Waals surface area contributed by atoms with Crippen LogP contribution in [-0.2, 0) is 4.79 Å². The Kier molecular flexibility index (Phi) is 4.20. The maximum absolute atomic E-state index is 12.8. The predicted molar refractivity (Wildman–Crippen MR) is 85.9 cm³/mol. The maximum Gasteiger partial charge on any atom is 0.254 e. The van der Waals surface area contributed by atoms with Gasteiger partial charge in [0, 0.05) is 36.3 Å². The van der Waals surface area contributed by atoms with E-state index in [1.165, 1.54) is 6.92 Å². The van der Waals surface area contributed by atoms with Gasteiger partial charge in [0.2, 0.25) is 5.91 Å². The molecule has 0 radical (unpaired) electrons. The van der Waals surface area contributed by atoms with Crippen LogP contribution in [0, 0.1) is 0 Å². The number of benzene rings is 1. The molecule has 6 heteroatoms. The molecule has 1 aliphatic heterocycles. The monoisotopic (exact) mass is 315 g/mol. The van der Waals surface area contributed by atoms with Crippen LogP contribution in [0.2, 0.25) is 0 Å². The Morgan fingerprint density at radius 2 is 2.27 bits per heavy atom. The van der Waals surface area contributed by atoms with Crippen molar-refractivity contribution in [3.05, 3.63) is 46.4 Å². The quantitative estimate of drug-likeness (QED) is 0.947. The lowest BCUT2D eigenvalue weighted by Crippen LogP contribution is -2.30. The third-order valence-electron chi connectivity index (χ3n) is 3.68. The van der Waals surface area contributed by atoms with Gasteiger partial charge in [0.05, 0.1) is 6.04 Å². The number of likely N-dealkylation sites (tertiary alicyclic amines) is 1. The number of anilines is 1. The Morgan fingerprint density at radius 1 is 1.41 bits per heavy atom. The van der Waals surface area contributed by atoms with Gasteiger partial charge in [-0.15, -0.1) is 11.3 Å². The molecule has 0 bridgehead atoms. The zero-order valence-corrected chi connectivity index (χ0v) is 13.1. The van der Waals surface area contributed by atoms with Crippen molar-refractivity contribution >= 4 is 28.8 Å². The van der Waals surface area contributed by atoms with E-state index >= 15 is 0 Å². The molecule has 0 aliphatic carbocycles. The van der Waals surface area contributed by atoms with Crippen LogP contribution in [0.25, 0.3) is 0 Å². The molecule has 1 aromatic carbocycles. The van der Waals surface area contributed by atoms with Crippen molar-refractivity contribution in [3.63, 3.8) is 0 Å². The van der Waals surface area contributed by atoms with Crippen molar-refractivity contribution in [2.24, 2.45) is 0 Å². The summed E-state index contributed by atoms with van der Waals surface area (Å²) < 4.78 is 0. The first-order chi connectivity index (χ1) is 10.6. The summed E-state index contributed by atoms with van der Waals surface area (Å²) in [4.78, 5) is 30.2. The summed E-state index contributed by atoms with van der Waals surface area (Å²) in [5.74, 6) is -0.156. The zero-order valence-electron chi connectivity index (χ0n) is 12.3. The molecule has 114 valence electrons. The van der Waals surface area contributed by atoms with Crippen LogP contribution in [0.4, 0.5) is 5.69 Å². The van der Waals surface area contributed by atoms with Crippen LogP contribution in [0.5, 0.6) is 0 Å². The van der Waals surface area contributed by atoms with E-state index in [4.69, 9.17) is 0 Å². The van der Waals surface area contributed by atoms with Gasteiger partial charge in [-0.2, -0.15) is 0 Å². The first-order valence-electron chi connectivity index (χ1n) is 7.23. The normalized spacial score (nSPS) is 17.5. The summed E-state index contributed by atoms with van der Waals surface area (Å²) in [5.41, 5.74) is 1.23. The fourth-order valence-electron chi connectivity index (χ4n) is 2.76. The number of amides is 2. The van der Waals surface area contributed by atoms with E-state index in [-0.39, 0.29) is 17.9 Å². The predicted octanol–water partition coefficient (Wildman–Crippen LogP) is 3.08. The molecular weight excluding hydrogens is 298 g/mol. The molecule has 1 aromatic heterocycles. The Labute approximate surface area is 133 Å². The van der Waals surface area contributed by atoms with E-state index < -0.39 is 0 Å². The second-order valence-corrected chi connectivity index (χ2v) is 6.22. The van der Waals surface area contributed by atoms with Gasteiger partial charge < -0.3 is 10.2 Å². The standard InChI is InChI=1S/C16H17N3O2S/c1-11(20)18-13-5-2-4-12(10-13)16(21)19-8-3-6-14(19)15-17-7-9-22-15/h2,4-5,7,9-10,14H,3,6,8H2,1H3,(H,18,20). The van der Waals surface area contributed by atoms with E-state index in [0.29, 0.717) is 11.3 Å². The van der Waals surface area contributed by atoms with Gasteiger partial charge >= 0.3 is 0 Å². The average Bonchev–Trinajstić information content (AvgIpc) is 3.16. The lowest BCUT2D eigenvalue weighted by Gasteiger charge is -2.23. The minimum absolute atomic E-state index is 0.00935. The van der Waals surface area contributed by atoms with Crippen LogP contribution in [0.3, 0.4) is 0 Å². The molecule has 1 atom stereocenters. The Balaban J connectivity index is 1.82. The lowest BCUT2D eigenvalue weighted by atomic mass is 10.1. The molecule has 3 rings (SSSR count). The molecule has 22 heavy (non-hydrogen) atoms. The molecule has 1 fully saturated rings. The van der Waals surface area contributed by atoms with E-state index in [1.807, 2.05) is 10.3 Å². The number of carbonyl (C=O) groups is 2. The van der Waals surface area contributed by atoms with Gasteiger partial charge in [0.15, 0.2) is 0 Å². The molecule has 2 heterocycles. The highest BCUT2D eigenvalue weighted by atomic mass is 32.1. The number of hydrogen-bond acceptors (Lipinski definition) is 4. The molecular formula is C16H17N3O2S. The summed E-state index contributed by atoms with van der Waals surface area (Å²) in [6.45, 7) is 2.20. The number of nitrogens with one attached hydrogen (secondary N) is 1. The van der Waals surface area contributed by atoms with E-state index in [9.17, 15) is 9.59 Å². The fraction of sp³-hybridized carbons (Fsp3) is 0.312. The molecule has 1 aliphatic rings. The molecule has 0 spiro atoms. The van der Waals surface area contributed by atoms with Gasteiger partial charge in [-0.25, -0.2) is 4.98 Å². The SMILES string of the molecule is CC(=O)Nc1cccc(C(=O)N2CCCC2c2nccs2)c1. The van der Waals surface area contributed by atoms with Crippen LogP contribution in [0.15, 0.2) is 35.8 Å². The third-order valence-corrected chi connectivity index (χ3v) is 4.56. The second-order valence-electron chi connectivity index (χ2n) is 5.29. The van der Waals surface area contributed by atoms with Crippen molar-refractivity contribution in [2.45, 2.75) is 25.8 Å². The number of rotatable bonds is 3. The lowest BCUT2D eigenvalue weighted by molar-refractivity contribution is -0.114. The van der Waals surface area contributed by atoms with Crippen LogP contribution < -0.4 is 5.32 Å². The molecule has 1 unspecified atom stereocenters. The summed E-state index contributed by atoms with van der Waals surface area (Å²) in [6, 6.07) is 7.14. The largest absolute Gasteiger partial charge is 0.329 e. The minimum Gasteiger partial charge on any atom is -0.329 e. The van der Waals surface area contributed by atoms with Gasteiger partial charge in [0.1, 0.15) is 5.01 Å². The van der Waals surface area contributed by atoms with Crippen LogP contribution in [-0.4, -0.2) is 28.2 Å². The summed E-state index contributed by atoms with van der Waals surface area (Å²) in [7, 11) is 0. The highest BCUT2D eigenvalue weighted by Gasteiger charge is 2.32. The Bertz CT molecular complexity index is 684. The smallest absolute Gasteiger partial charge is 0.254 e. The number of hydrogen-bond donors (Lipinski definition) is 1. The van der Waals surface area contributed by atoms with Crippen LogP contribution >= 0.6 is 11.3 Å². The second kappa shape index (κ2) is 6.27. The van der Waals surface area contributed by atoms with Crippen molar-refractivity contribution in [2.75, 3.05) is 11.9 Å². The Morgan fingerprint density at radius 3 is 3.00 bits per heavy atom. The first kappa shape index (κ1) is 14.7. The van der Waals surface area contributed by atoms with Gasteiger partial charge in [-0.05, 0) is 31.0 Å². The van der Waals surface area contributed by atoms with E-state index in [0.717, 1.165) is 24.4 Å². The topological polar surface area (TPSA) is 62.3 Å². The van der Waals surface area contributed by atoms with Crippen molar-refractivity contribution in [3.8, 4) is 0 Å².